The molecular weight excluding hydrogens is 365 g/mol. The summed E-state index contributed by atoms with van der Waals surface area (Å²) >= 11 is 0. The molecule has 0 aliphatic carbocycles. The summed E-state index contributed by atoms with van der Waals surface area (Å²) in [5.74, 6) is 0.0193. The van der Waals surface area contributed by atoms with E-state index in [1.165, 1.54) is 7.11 Å². The van der Waals surface area contributed by atoms with Crippen molar-refractivity contribution >= 4 is 17.8 Å². The summed E-state index contributed by atoms with van der Waals surface area (Å²) in [6.07, 6.45) is 2.66. The SMILES string of the molecule is CCON=Cc1ccc(OCc2ccccc2C(=COCF)C(=O)OC)cc1. The Kier molecular flexibility index (Phi) is 8.52. The van der Waals surface area contributed by atoms with E-state index >= 15 is 0 Å². The predicted octanol–water partition coefficient (Wildman–Crippen LogP) is 4.09. The maximum Gasteiger partial charge on any atom is 0.341 e. The molecule has 0 fully saturated rings. The van der Waals surface area contributed by atoms with E-state index in [2.05, 4.69) is 9.89 Å². The molecule has 6 nitrogen and oxygen atoms in total. The average Bonchev–Trinajstić information content (AvgIpc) is 2.74. The first-order chi connectivity index (χ1) is 13.7. The number of benzene rings is 2. The molecule has 0 spiro atoms. The Bertz CT molecular complexity index is 818. The van der Waals surface area contributed by atoms with Gasteiger partial charge in [0.15, 0.2) is 0 Å². The van der Waals surface area contributed by atoms with E-state index in [1.807, 2.05) is 31.2 Å². The van der Waals surface area contributed by atoms with Crippen LogP contribution in [0.5, 0.6) is 5.75 Å². The van der Waals surface area contributed by atoms with Gasteiger partial charge in [-0.3, -0.25) is 0 Å². The number of methoxy groups -OCH3 is 1. The normalized spacial score (nSPS) is 11.3. The van der Waals surface area contributed by atoms with Crippen LogP contribution < -0.4 is 4.74 Å². The Labute approximate surface area is 163 Å². The van der Waals surface area contributed by atoms with Gasteiger partial charge >= 0.3 is 5.97 Å². The van der Waals surface area contributed by atoms with Crippen molar-refractivity contribution in [1.82, 2.24) is 0 Å². The number of hydrogen-bond donors (Lipinski definition) is 0. The molecule has 0 aliphatic rings. The van der Waals surface area contributed by atoms with Crippen LogP contribution in [-0.2, 0) is 25.7 Å². The zero-order valence-corrected chi connectivity index (χ0v) is 15.8. The molecule has 2 aromatic rings. The summed E-state index contributed by atoms with van der Waals surface area (Å²) in [5, 5.41) is 3.81. The minimum absolute atomic E-state index is 0.113. The van der Waals surface area contributed by atoms with Gasteiger partial charge in [0.1, 0.15) is 30.8 Å². The number of rotatable bonds is 10. The molecule has 2 rings (SSSR count). The Morgan fingerprint density at radius 1 is 1.14 bits per heavy atom. The molecule has 0 amide bonds. The third-order valence-electron chi connectivity index (χ3n) is 3.66. The third kappa shape index (κ3) is 6.12. The third-order valence-corrected chi connectivity index (χ3v) is 3.66. The first-order valence-electron chi connectivity index (χ1n) is 8.62. The van der Waals surface area contributed by atoms with Crippen molar-refractivity contribution in [3.8, 4) is 5.75 Å². The number of hydrogen-bond acceptors (Lipinski definition) is 6. The van der Waals surface area contributed by atoms with Crippen molar-refractivity contribution in [3.63, 3.8) is 0 Å². The minimum Gasteiger partial charge on any atom is -0.489 e. The van der Waals surface area contributed by atoms with Gasteiger partial charge in [-0.15, -0.1) is 0 Å². The maximum atomic E-state index is 12.4. The fraction of sp³-hybridized carbons (Fsp3) is 0.238. The van der Waals surface area contributed by atoms with Crippen LogP contribution in [0, 0.1) is 0 Å². The van der Waals surface area contributed by atoms with E-state index in [0.29, 0.717) is 17.9 Å². The fourth-order valence-electron chi connectivity index (χ4n) is 2.34. The maximum absolute atomic E-state index is 12.4. The van der Waals surface area contributed by atoms with Gasteiger partial charge in [-0.05, 0) is 47.9 Å². The average molecular weight is 387 g/mol. The zero-order valence-electron chi connectivity index (χ0n) is 15.8. The summed E-state index contributed by atoms with van der Waals surface area (Å²) < 4.78 is 27.6. The molecule has 0 aliphatic heterocycles. The molecule has 7 heteroatoms. The lowest BCUT2D eigenvalue weighted by Gasteiger charge is -2.13. The molecule has 0 heterocycles. The first-order valence-corrected chi connectivity index (χ1v) is 8.62. The van der Waals surface area contributed by atoms with Crippen molar-refractivity contribution in [3.05, 3.63) is 71.5 Å². The summed E-state index contributed by atoms with van der Waals surface area (Å²) in [4.78, 5) is 17.0. The lowest BCUT2D eigenvalue weighted by molar-refractivity contribution is -0.133. The quantitative estimate of drug-likeness (QED) is 0.202. The highest BCUT2D eigenvalue weighted by atomic mass is 19.1. The van der Waals surface area contributed by atoms with Crippen molar-refractivity contribution < 1.29 is 28.2 Å². The summed E-state index contributed by atoms with van der Waals surface area (Å²) in [5.41, 5.74) is 2.26. The first kappa shape index (κ1) is 21.0. The highest BCUT2D eigenvalue weighted by molar-refractivity contribution is 6.16. The molecule has 0 radical (unpaired) electrons. The van der Waals surface area contributed by atoms with Gasteiger partial charge in [0.25, 0.3) is 0 Å². The van der Waals surface area contributed by atoms with Crippen molar-refractivity contribution in [1.29, 1.82) is 0 Å². The topological polar surface area (TPSA) is 66.3 Å². The fourth-order valence-corrected chi connectivity index (χ4v) is 2.34. The molecule has 0 unspecified atom stereocenters. The van der Waals surface area contributed by atoms with E-state index in [0.717, 1.165) is 17.4 Å². The van der Waals surface area contributed by atoms with Crippen LogP contribution in [0.25, 0.3) is 5.57 Å². The molecule has 0 saturated carbocycles. The minimum atomic E-state index is -1.04. The van der Waals surface area contributed by atoms with Crippen LogP contribution in [0.4, 0.5) is 4.39 Å². The van der Waals surface area contributed by atoms with Gasteiger partial charge in [-0.25, -0.2) is 9.18 Å². The zero-order chi connectivity index (χ0) is 20.2. The van der Waals surface area contributed by atoms with Gasteiger partial charge in [0, 0.05) is 0 Å². The van der Waals surface area contributed by atoms with E-state index < -0.39 is 12.8 Å². The molecule has 148 valence electrons. The number of esters is 1. The highest BCUT2D eigenvalue weighted by Gasteiger charge is 2.17. The number of nitrogens with zero attached hydrogens (tertiary/aromatic N) is 1. The number of carbonyl (C=O) groups is 1. The predicted molar refractivity (Wildman–Crippen MR) is 103 cm³/mol. The molecule has 0 bridgehead atoms. The van der Waals surface area contributed by atoms with E-state index in [9.17, 15) is 9.18 Å². The largest absolute Gasteiger partial charge is 0.489 e. The van der Waals surface area contributed by atoms with Crippen LogP contribution in [0.3, 0.4) is 0 Å². The molecule has 0 N–H and O–H groups in total. The second kappa shape index (κ2) is 11.4. The molecule has 0 aromatic heterocycles. The number of halogens is 1. The van der Waals surface area contributed by atoms with E-state index in [4.69, 9.17) is 14.3 Å². The van der Waals surface area contributed by atoms with Crippen molar-refractivity contribution in [2.45, 2.75) is 13.5 Å². The highest BCUT2D eigenvalue weighted by Crippen LogP contribution is 2.23. The number of ether oxygens (including phenoxy) is 3. The molecular formula is C21H22FNO5. The van der Waals surface area contributed by atoms with E-state index in [-0.39, 0.29) is 12.2 Å². The number of oxime groups is 1. The molecule has 0 saturated heterocycles. The lowest BCUT2D eigenvalue weighted by Crippen LogP contribution is -2.08. The van der Waals surface area contributed by atoms with Gasteiger partial charge in [-0.1, -0.05) is 29.4 Å². The number of alkyl halides is 1. The van der Waals surface area contributed by atoms with Crippen LogP contribution >= 0.6 is 0 Å². The standard InChI is InChI=1S/C21H22FNO5/c1-3-28-23-12-16-8-10-18(11-9-16)27-13-17-6-4-5-7-19(17)20(14-26-15-22)21(24)25-2/h4-12,14H,3,13,15H2,1-2H3. The second-order valence-corrected chi connectivity index (χ2v) is 5.47. The molecule has 2 aromatic carbocycles. The summed E-state index contributed by atoms with van der Waals surface area (Å²) in [7, 11) is 1.25. The summed E-state index contributed by atoms with van der Waals surface area (Å²) in [6.45, 7) is 1.52. The van der Waals surface area contributed by atoms with Crippen LogP contribution in [-0.4, -0.2) is 32.8 Å². The Hall–Kier alpha value is -3.35. The monoisotopic (exact) mass is 387 g/mol. The molecule has 28 heavy (non-hydrogen) atoms. The number of carbonyl (C=O) groups excluding carboxylic acids is 1. The van der Waals surface area contributed by atoms with Gasteiger partial charge in [0.05, 0.1) is 13.3 Å². The summed E-state index contributed by atoms with van der Waals surface area (Å²) in [6, 6.07) is 14.4. The van der Waals surface area contributed by atoms with Crippen LogP contribution in [0.15, 0.2) is 59.9 Å². The smallest absolute Gasteiger partial charge is 0.341 e. The van der Waals surface area contributed by atoms with Crippen LogP contribution in [0.2, 0.25) is 0 Å². The molecule has 0 atom stereocenters. The van der Waals surface area contributed by atoms with E-state index in [1.54, 1.807) is 30.5 Å². The Morgan fingerprint density at radius 3 is 2.57 bits per heavy atom. The Balaban J connectivity index is 2.13. The van der Waals surface area contributed by atoms with Gasteiger partial charge in [0.2, 0.25) is 6.86 Å². The van der Waals surface area contributed by atoms with Crippen molar-refractivity contribution in [2.75, 3.05) is 20.6 Å². The Morgan fingerprint density at radius 2 is 1.89 bits per heavy atom. The van der Waals surface area contributed by atoms with Crippen molar-refractivity contribution in [2.24, 2.45) is 5.16 Å². The lowest BCUT2D eigenvalue weighted by atomic mass is 10.0. The second-order valence-electron chi connectivity index (χ2n) is 5.47. The van der Waals surface area contributed by atoms with Gasteiger partial charge in [-0.2, -0.15) is 0 Å². The van der Waals surface area contributed by atoms with Crippen LogP contribution in [0.1, 0.15) is 23.6 Å². The van der Waals surface area contributed by atoms with Gasteiger partial charge < -0.3 is 19.0 Å².